The Morgan fingerprint density at radius 2 is 2.17 bits per heavy atom. The van der Waals surface area contributed by atoms with Crippen LogP contribution >= 0.6 is 0 Å². The predicted octanol–water partition coefficient (Wildman–Crippen LogP) is 3.56. The van der Waals surface area contributed by atoms with Crippen molar-refractivity contribution in [3.8, 4) is 6.07 Å². The molecule has 1 saturated carbocycles. The van der Waals surface area contributed by atoms with Gasteiger partial charge in [0.2, 0.25) is 0 Å². The summed E-state index contributed by atoms with van der Waals surface area (Å²) in [4.78, 5) is 4.34. The molecule has 0 spiro atoms. The van der Waals surface area contributed by atoms with Crippen molar-refractivity contribution in [2.45, 2.75) is 46.5 Å². The SMILES string of the molecule is CCC1(CNc2cc(C)nc(C)c2C#N)CCC1. The lowest BCUT2D eigenvalue weighted by Gasteiger charge is -2.41. The molecule has 1 aromatic heterocycles. The van der Waals surface area contributed by atoms with Gasteiger partial charge in [0.25, 0.3) is 0 Å². The lowest BCUT2D eigenvalue weighted by Crippen LogP contribution is -2.36. The summed E-state index contributed by atoms with van der Waals surface area (Å²) in [7, 11) is 0. The van der Waals surface area contributed by atoms with Crippen LogP contribution in [0.3, 0.4) is 0 Å². The average Bonchev–Trinajstić information content (AvgIpc) is 2.27. The number of hydrogen-bond acceptors (Lipinski definition) is 3. The highest BCUT2D eigenvalue weighted by Gasteiger charge is 2.34. The van der Waals surface area contributed by atoms with Gasteiger partial charge in [-0.2, -0.15) is 5.26 Å². The summed E-state index contributed by atoms with van der Waals surface area (Å²) < 4.78 is 0. The number of pyridine rings is 1. The maximum atomic E-state index is 9.22. The molecule has 3 heteroatoms. The molecule has 1 heterocycles. The van der Waals surface area contributed by atoms with Gasteiger partial charge in [-0.05, 0) is 44.6 Å². The van der Waals surface area contributed by atoms with Crippen LogP contribution in [-0.2, 0) is 0 Å². The van der Waals surface area contributed by atoms with Gasteiger partial charge in [0, 0.05) is 12.2 Å². The minimum Gasteiger partial charge on any atom is -0.383 e. The molecule has 1 aromatic rings. The van der Waals surface area contributed by atoms with Crippen LogP contribution in [0.1, 0.15) is 49.6 Å². The molecule has 0 radical (unpaired) electrons. The molecular weight excluding hydrogens is 222 g/mol. The molecule has 3 nitrogen and oxygen atoms in total. The monoisotopic (exact) mass is 243 g/mol. The first kappa shape index (κ1) is 12.9. The van der Waals surface area contributed by atoms with Crippen LogP contribution in [0.25, 0.3) is 0 Å². The Labute approximate surface area is 109 Å². The lowest BCUT2D eigenvalue weighted by atomic mass is 9.67. The van der Waals surface area contributed by atoms with Crippen molar-refractivity contribution in [1.82, 2.24) is 4.98 Å². The predicted molar refractivity (Wildman–Crippen MR) is 73.5 cm³/mol. The molecule has 2 rings (SSSR count). The minimum absolute atomic E-state index is 0.456. The van der Waals surface area contributed by atoms with E-state index in [-0.39, 0.29) is 0 Å². The molecule has 1 aliphatic rings. The summed E-state index contributed by atoms with van der Waals surface area (Å²) in [6.45, 7) is 7.10. The summed E-state index contributed by atoms with van der Waals surface area (Å²) >= 11 is 0. The topological polar surface area (TPSA) is 48.7 Å². The van der Waals surface area contributed by atoms with E-state index in [0.717, 1.165) is 23.6 Å². The van der Waals surface area contributed by atoms with Crippen molar-refractivity contribution < 1.29 is 0 Å². The summed E-state index contributed by atoms with van der Waals surface area (Å²) in [5.74, 6) is 0. The third-order valence-electron chi connectivity index (χ3n) is 4.26. The van der Waals surface area contributed by atoms with E-state index < -0.39 is 0 Å². The first-order valence-electron chi connectivity index (χ1n) is 6.72. The molecule has 0 saturated heterocycles. The van der Waals surface area contributed by atoms with Crippen molar-refractivity contribution in [3.63, 3.8) is 0 Å². The number of nitriles is 1. The number of nitrogens with zero attached hydrogens (tertiary/aromatic N) is 2. The third-order valence-corrected chi connectivity index (χ3v) is 4.26. The van der Waals surface area contributed by atoms with Crippen LogP contribution in [0, 0.1) is 30.6 Å². The molecule has 0 aliphatic heterocycles. The minimum atomic E-state index is 0.456. The second kappa shape index (κ2) is 4.97. The van der Waals surface area contributed by atoms with Crippen molar-refractivity contribution in [1.29, 1.82) is 5.26 Å². The van der Waals surface area contributed by atoms with Gasteiger partial charge in [0.1, 0.15) is 6.07 Å². The van der Waals surface area contributed by atoms with E-state index in [4.69, 9.17) is 0 Å². The maximum Gasteiger partial charge on any atom is 0.103 e. The molecule has 1 N–H and O–H groups in total. The van der Waals surface area contributed by atoms with Gasteiger partial charge in [-0.1, -0.05) is 13.3 Å². The first-order chi connectivity index (χ1) is 8.60. The second-order valence-corrected chi connectivity index (χ2v) is 5.44. The van der Waals surface area contributed by atoms with Crippen LogP contribution in [0.15, 0.2) is 6.07 Å². The second-order valence-electron chi connectivity index (χ2n) is 5.44. The molecule has 96 valence electrons. The fraction of sp³-hybridized carbons (Fsp3) is 0.600. The molecule has 0 atom stereocenters. The van der Waals surface area contributed by atoms with E-state index in [9.17, 15) is 5.26 Å². The summed E-state index contributed by atoms with van der Waals surface area (Å²) in [5.41, 5.74) is 3.87. The summed E-state index contributed by atoms with van der Waals surface area (Å²) in [5, 5.41) is 12.7. The number of nitrogens with one attached hydrogen (secondary N) is 1. The number of rotatable bonds is 4. The van der Waals surface area contributed by atoms with E-state index >= 15 is 0 Å². The lowest BCUT2D eigenvalue weighted by molar-refractivity contribution is 0.145. The fourth-order valence-electron chi connectivity index (χ4n) is 2.72. The van der Waals surface area contributed by atoms with Gasteiger partial charge >= 0.3 is 0 Å². The number of aromatic nitrogens is 1. The summed E-state index contributed by atoms with van der Waals surface area (Å²) in [6, 6.07) is 4.24. The van der Waals surface area contributed by atoms with Crippen molar-refractivity contribution in [2.75, 3.05) is 11.9 Å². The highest BCUT2D eigenvalue weighted by molar-refractivity contribution is 5.59. The Bertz CT molecular complexity index is 476. The third kappa shape index (κ3) is 2.33. The smallest absolute Gasteiger partial charge is 0.103 e. The van der Waals surface area contributed by atoms with Crippen LogP contribution in [0.4, 0.5) is 5.69 Å². The van der Waals surface area contributed by atoms with Gasteiger partial charge in [-0.15, -0.1) is 0 Å². The Balaban J connectivity index is 2.16. The van der Waals surface area contributed by atoms with Gasteiger partial charge < -0.3 is 5.32 Å². The van der Waals surface area contributed by atoms with Crippen molar-refractivity contribution in [2.24, 2.45) is 5.41 Å². The normalized spacial score (nSPS) is 16.8. The largest absolute Gasteiger partial charge is 0.383 e. The fourth-order valence-corrected chi connectivity index (χ4v) is 2.72. The number of aryl methyl sites for hydroxylation is 2. The number of hydrogen-bond donors (Lipinski definition) is 1. The Hall–Kier alpha value is -1.56. The van der Waals surface area contributed by atoms with Crippen LogP contribution in [0.2, 0.25) is 0 Å². The van der Waals surface area contributed by atoms with Gasteiger partial charge in [-0.3, -0.25) is 4.98 Å². The van der Waals surface area contributed by atoms with Crippen molar-refractivity contribution >= 4 is 5.69 Å². The molecule has 1 fully saturated rings. The Morgan fingerprint density at radius 1 is 1.44 bits per heavy atom. The number of anilines is 1. The van der Waals surface area contributed by atoms with Gasteiger partial charge in [0.15, 0.2) is 0 Å². The molecule has 0 unspecified atom stereocenters. The first-order valence-corrected chi connectivity index (χ1v) is 6.72. The summed E-state index contributed by atoms with van der Waals surface area (Å²) in [6.07, 6.45) is 5.17. The van der Waals surface area contributed by atoms with Crippen LogP contribution < -0.4 is 5.32 Å². The van der Waals surface area contributed by atoms with Crippen LogP contribution in [0.5, 0.6) is 0 Å². The quantitative estimate of drug-likeness (QED) is 0.879. The van der Waals surface area contributed by atoms with E-state index in [1.807, 2.05) is 19.9 Å². The zero-order valence-electron chi connectivity index (χ0n) is 11.5. The van der Waals surface area contributed by atoms with Crippen LogP contribution in [-0.4, -0.2) is 11.5 Å². The van der Waals surface area contributed by atoms with Crippen molar-refractivity contribution in [3.05, 3.63) is 23.0 Å². The Morgan fingerprint density at radius 3 is 2.67 bits per heavy atom. The average molecular weight is 243 g/mol. The molecule has 0 bridgehead atoms. The highest BCUT2D eigenvalue weighted by atomic mass is 14.9. The van der Waals surface area contributed by atoms with E-state index in [1.54, 1.807) is 0 Å². The van der Waals surface area contributed by atoms with E-state index in [1.165, 1.54) is 25.7 Å². The molecule has 0 aromatic carbocycles. The van der Waals surface area contributed by atoms with E-state index in [0.29, 0.717) is 11.0 Å². The Kier molecular flexibility index (Phi) is 3.56. The molecule has 18 heavy (non-hydrogen) atoms. The standard InChI is InChI=1S/C15H21N3/c1-4-15(6-5-7-15)10-17-14-8-11(2)18-12(3)13(14)9-16/h8H,4-7,10H2,1-3H3,(H,17,18). The molecular formula is C15H21N3. The molecule has 1 aliphatic carbocycles. The molecule has 0 amide bonds. The highest BCUT2D eigenvalue weighted by Crippen LogP contribution is 2.43. The van der Waals surface area contributed by atoms with Gasteiger partial charge in [-0.25, -0.2) is 0 Å². The zero-order valence-corrected chi connectivity index (χ0v) is 11.5. The van der Waals surface area contributed by atoms with E-state index in [2.05, 4.69) is 23.3 Å². The van der Waals surface area contributed by atoms with Gasteiger partial charge in [0.05, 0.1) is 16.9 Å². The maximum absolute atomic E-state index is 9.22. The zero-order chi connectivity index (χ0) is 13.2.